The van der Waals surface area contributed by atoms with Crippen LogP contribution in [0.1, 0.15) is 16.7 Å². The monoisotopic (exact) mass is 397 g/mol. The molecule has 0 saturated carbocycles. The average Bonchev–Trinajstić information content (AvgIpc) is 3.11. The Hall–Kier alpha value is -4.24. The largest absolute Gasteiger partial charge is 0.342 e. The fourth-order valence-corrected chi connectivity index (χ4v) is 3.43. The van der Waals surface area contributed by atoms with Gasteiger partial charge in [0.15, 0.2) is 0 Å². The van der Waals surface area contributed by atoms with Gasteiger partial charge in [0.25, 0.3) is 5.69 Å². The molecule has 3 aromatic carbocycles. The van der Waals surface area contributed by atoms with Gasteiger partial charge in [0.05, 0.1) is 23.1 Å². The molecule has 0 fully saturated rings. The quantitative estimate of drug-likeness (QED) is 0.243. The van der Waals surface area contributed by atoms with Crippen LogP contribution in [0, 0.1) is 27.3 Å². The molecule has 0 aliphatic heterocycles. The number of rotatable bonds is 5. The third kappa shape index (κ3) is 3.69. The predicted molar refractivity (Wildman–Crippen MR) is 114 cm³/mol. The van der Waals surface area contributed by atoms with Crippen molar-refractivity contribution in [1.82, 2.24) is 4.57 Å². The second kappa shape index (κ2) is 8.02. The standard InChI is InChI=1S/C24H16FN3O2/c25-23-7-3-1-5-18(23)15-27-16-20(22-6-2-4-8-24(22)27)13-19(14-26)17-9-11-21(12-10-17)28(29)30/h1-13,16H,15H2/b19-13-. The number of nitrogens with zero attached hydrogens (tertiary/aromatic N) is 3. The molecule has 4 aromatic rings. The van der Waals surface area contributed by atoms with Gasteiger partial charge >= 0.3 is 0 Å². The normalized spacial score (nSPS) is 11.4. The van der Waals surface area contributed by atoms with Gasteiger partial charge in [-0.25, -0.2) is 4.39 Å². The first-order valence-electron chi connectivity index (χ1n) is 9.25. The minimum atomic E-state index is -0.476. The molecule has 5 nitrogen and oxygen atoms in total. The number of hydrogen-bond acceptors (Lipinski definition) is 3. The van der Waals surface area contributed by atoms with E-state index in [2.05, 4.69) is 6.07 Å². The zero-order chi connectivity index (χ0) is 21.1. The molecule has 0 amide bonds. The van der Waals surface area contributed by atoms with Crippen LogP contribution in [0.15, 0.2) is 79.0 Å². The summed E-state index contributed by atoms with van der Waals surface area (Å²) >= 11 is 0. The number of benzene rings is 3. The Morgan fingerprint density at radius 3 is 2.47 bits per heavy atom. The number of allylic oxidation sites excluding steroid dienone is 1. The highest BCUT2D eigenvalue weighted by Crippen LogP contribution is 2.27. The van der Waals surface area contributed by atoms with Crippen LogP contribution < -0.4 is 0 Å². The van der Waals surface area contributed by atoms with Crippen molar-refractivity contribution >= 4 is 28.2 Å². The SMILES string of the molecule is N#C/C(=C/c1cn(Cc2ccccc2F)c2ccccc12)c1ccc([N+](=O)[O-])cc1. The molecule has 0 unspecified atom stereocenters. The summed E-state index contributed by atoms with van der Waals surface area (Å²) in [6.45, 7) is 0.362. The maximum Gasteiger partial charge on any atom is 0.269 e. The third-order valence-corrected chi connectivity index (χ3v) is 4.93. The van der Waals surface area contributed by atoms with E-state index in [4.69, 9.17) is 0 Å². The van der Waals surface area contributed by atoms with Gasteiger partial charge in [-0.3, -0.25) is 10.1 Å². The first-order chi connectivity index (χ1) is 14.6. The van der Waals surface area contributed by atoms with E-state index in [0.29, 0.717) is 23.2 Å². The lowest BCUT2D eigenvalue weighted by molar-refractivity contribution is -0.384. The Labute approximate surface area is 172 Å². The molecule has 146 valence electrons. The molecule has 30 heavy (non-hydrogen) atoms. The van der Waals surface area contributed by atoms with Crippen molar-refractivity contribution < 1.29 is 9.31 Å². The maximum absolute atomic E-state index is 14.1. The van der Waals surface area contributed by atoms with Crippen LogP contribution in [0.4, 0.5) is 10.1 Å². The Bertz CT molecular complexity index is 1310. The van der Waals surface area contributed by atoms with Crippen LogP contribution in [0.2, 0.25) is 0 Å². The van der Waals surface area contributed by atoms with E-state index in [-0.39, 0.29) is 11.5 Å². The lowest BCUT2D eigenvalue weighted by Gasteiger charge is -2.06. The third-order valence-electron chi connectivity index (χ3n) is 4.93. The van der Waals surface area contributed by atoms with Crippen LogP contribution >= 0.6 is 0 Å². The van der Waals surface area contributed by atoms with Gasteiger partial charge in [0.1, 0.15) is 5.82 Å². The van der Waals surface area contributed by atoms with E-state index in [0.717, 1.165) is 16.5 Å². The van der Waals surface area contributed by atoms with Crippen LogP contribution in [0.5, 0.6) is 0 Å². The number of hydrogen-bond donors (Lipinski definition) is 0. The van der Waals surface area contributed by atoms with Crippen LogP contribution in [0.3, 0.4) is 0 Å². The molecule has 0 aliphatic carbocycles. The second-order valence-electron chi connectivity index (χ2n) is 6.79. The highest BCUT2D eigenvalue weighted by molar-refractivity contribution is 5.98. The van der Waals surface area contributed by atoms with Gasteiger partial charge in [-0.15, -0.1) is 0 Å². The predicted octanol–water partition coefficient (Wildman–Crippen LogP) is 5.80. The van der Waals surface area contributed by atoms with E-state index >= 15 is 0 Å². The van der Waals surface area contributed by atoms with E-state index < -0.39 is 4.92 Å². The molecular weight excluding hydrogens is 381 g/mol. The first kappa shape index (κ1) is 19.1. The lowest BCUT2D eigenvalue weighted by Crippen LogP contribution is -2.00. The highest BCUT2D eigenvalue weighted by atomic mass is 19.1. The van der Waals surface area contributed by atoms with Gasteiger partial charge in [0.2, 0.25) is 0 Å². The number of aromatic nitrogens is 1. The molecular formula is C24H16FN3O2. The molecule has 0 N–H and O–H groups in total. The second-order valence-corrected chi connectivity index (χ2v) is 6.79. The topological polar surface area (TPSA) is 71.9 Å². The van der Waals surface area contributed by atoms with Crippen molar-refractivity contribution in [2.45, 2.75) is 6.54 Å². The summed E-state index contributed by atoms with van der Waals surface area (Å²) in [7, 11) is 0. The fourth-order valence-electron chi connectivity index (χ4n) is 3.43. The number of nitriles is 1. The number of fused-ring (bicyclic) bond motifs is 1. The summed E-state index contributed by atoms with van der Waals surface area (Å²) in [5.74, 6) is -0.268. The van der Waals surface area contributed by atoms with Crippen molar-refractivity contribution in [2.75, 3.05) is 0 Å². The summed E-state index contributed by atoms with van der Waals surface area (Å²) < 4.78 is 16.1. The van der Waals surface area contributed by atoms with E-state index in [1.54, 1.807) is 36.4 Å². The number of para-hydroxylation sites is 1. The van der Waals surface area contributed by atoms with Gasteiger partial charge in [-0.1, -0.05) is 36.4 Å². The van der Waals surface area contributed by atoms with Gasteiger partial charge in [0, 0.05) is 40.4 Å². The minimum absolute atomic E-state index is 0.0301. The summed E-state index contributed by atoms with van der Waals surface area (Å²) in [6.07, 6.45) is 3.64. The minimum Gasteiger partial charge on any atom is -0.342 e. The molecule has 0 aliphatic rings. The van der Waals surface area contributed by atoms with E-state index in [1.165, 1.54) is 18.2 Å². The van der Waals surface area contributed by atoms with Crippen molar-refractivity contribution in [3.63, 3.8) is 0 Å². The Morgan fingerprint density at radius 2 is 1.77 bits per heavy atom. The zero-order valence-corrected chi connectivity index (χ0v) is 15.8. The fraction of sp³-hybridized carbons (Fsp3) is 0.0417. The number of nitro groups is 1. The molecule has 0 spiro atoms. The van der Waals surface area contributed by atoms with Crippen LogP contribution in [0.25, 0.3) is 22.6 Å². The Balaban J connectivity index is 1.77. The van der Waals surface area contributed by atoms with Crippen molar-refractivity contribution in [1.29, 1.82) is 5.26 Å². The van der Waals surface area contributed by atoms with Crippen molar-refractivity contribution in [3.8, 4) is 6.07 Å². The van der Waals surface area contributed by atoms with Gasteiger partial charge in [-0.2, -0.15) is 5.26 Å². The highest BCUT2D eigenvalue weighted by Gasteiger charge is 2.11. The van der Waals surface area contributed by atoms with Gasteiger partial charge < -0.3 is 4.57 Å². The van der Waals surface area contributed by atoms with Crippen LogP contribution in [-0.4, -0.2) is 9.49 Å². The van der Waals surface area contributed by atoms with E-state index in [9.17, 15) is 19.8 Å². The number of halogens is 1. The maximum atomic E-state index is 14.1. The van der Waals surface area contributed by atoms with Crippen molar-refractivity contribution in [2.24, 2.45) is 0 Å². The number of non-ortho nitro benzene ring substituents is 1. The number of nitro benzene ring substituents is 1. The summed E-state index contributed by atoms with van der Waals surface area (Å²) in [5.41, 5.74) is 3.26. The summed E-state index contributed by atoms with van der Waals surface area (Å²) in [4.78, 5) is 10.4. The Kier molecular flexibility index (Phi) is 5.10. The van der Waals surface area contributed by atoms with Gasteiger partial charge in [-0.05, 0) is 35.9 Å². The molecule has 1 heterocycles. The zero-order valence-electron chi connectivity index (χ0n) is 15.8. The first-order valence-corrected chi connectivity index (χ1v) is 9.25. The Morgan fingerprint density at radius 1 is 1.07 bits per heavy atom. The molecule has 0 atom stereocenters. The van der Waals surface area contributed by atoms with E-state index in [1.807, 2.05) is 35.0 Å². The molecule has 4 rings (SSSR count). The molecule has 0 bridgehead atoms. The van der Waals surface area contributed by atoms with Crippen molar-refractivity contribution in [3.05, 3.63) is 112 Å². The smallest absolute Gasteiger partial charge is 0.269 e. The van der Waals surface area contributed by atoms with Crippen LogP contribution in [-0.2, 0) is 6.54 Å². The molecule has 0 saturated heterocycles. The molecule has 1 aromatic heterocycles. The molecule has 6 heteroatoms. The summed E-state index contributed by atoms with van der Waals surface area (Å²) in [6, 6.07) is 22.4. The lowest BCUT2D eigenvalue weighted by atomic mass is 10.0. The molecule has 0 radical (unpaired) electrons. The average molecular weight is 397 g/mol. The summed E-state index contributed by atoms with van der Waals surface area (Å²) in [5, 5.41) is 21.5.